The number of hydrogen-bond acceptors (Lipinski definition) is 10. The van der Waals surface area contributed by atoms with Crippen molar-refractivity contribution in [2.45, 2.75) is 19.9 Å². The molecule has 1 fully saturated rings. The molecule has 3 aromatic rings. The van der Waals surface area contributed by atoms with Crippen molar-refractivity contribution in [3.8, 4) is 5.75 Å². The number of rotatable bonds is 7. The van der Waals surface area contributed by atoms with Crippen LogP contribution in [-0.2, 0) is 14.3 Å². The number of carbonyl (C=O) groups is 3. The number of aryl methyl sites for hydroxylation is 1. The van der Waals surface area contributed by atoms with Crippen molar-refractivity contribution in [2.24, 2.45) is 0 Å². The molecule has 1 unspecified atom stereocenters. The summed E-state index contributed by atoms with van der Waals surface area (Å²) in [6.07, 6.45) is 0. The third-order valence-corrected chi connectivity index (χ3v) is 6.77. The van der Waals surface area contributed by atoms with Gasteiger partial charge in [0, 0.05) is 17.7 Å². The lowest BCUT2D eigenvalue weighted by atomic mass is 9.95. The predicted octanol–water partition coefficient (Wildman–Crippen LogP) is 4.17. The number of aromatic nitrogens is 1. The number of nitro groups is 1. The van der Waals surface area contributed by atoms with Gasteiger partial charge in [-0.2, -0.15) is 0 Å². The van der Waals surface area contributed by atoms with Crippen LogP contribution in [0.3, 0.4) is 0 Å². The van der Waals surface area contributed by atoms with Gasteiger partial charge in [0.05, 0.1) is 35.9 Å². The van der Waals surface area contributed by atoms with Crippen LogP contribution < -0.4 is 9.64 Å². The zero-order valence-corrected chi connectivity index (χ0v) is 20.8. The van der Waals surface area contributed by atoms with Gasteiger partial charge in [-0.1, -0.05) is 35.6 Å². The van der Waals surface area contributed by atoms with Crippen LogP contribution in [0.2, 0.25) is 0 Å². The summed E-state index contributed by atoms with van der Waals surface area (Å²) >= 11 is 0.844. The van der Waals surface area contributed by atoms with Crippen molar-refractivity contribution in [3.05, 3.63) is 85.9 Å². The van der Waals surface area contributed by atoms with E-state index in [4.69, 9.17) is 9.47 Å². The van der Waals surface area contributed by atoms with Crippen LogP contribution in [-0.4, -0.2) is 46.4 Å². The van der Waals surface area contributed by atoms with Crippen molar-refractivity contribution < 1.29 is 33.9 Å². The molecule has 2 heterocycles. The average Bonchev–Trinajstić information content (AvgIpc) is 3.40. The van der Waals surface area contributed by atoms with Gasteiger partial charge in [0.2, 0.25) is 0 Å². The normalized spacial score (nSPS) is 16.6. The average molecular weight is 524 g/mol. The number of amides is 1. The van der Waals surface area contributed by atoms with E-state index in [0.717, 1.165) is 16.2 Å². The summed E-state index contributed by atoms with van der Waals surface area (Å²) in [5.41, 5.74) is 0.126. The minimum Gasteiger partial charge on any atom is -0.507 e. The van der Waals surface area contributed by atoms with Crippen molar-refractivity contribution in [1.82, 2.24) is 4.98 Å². The van der Waals surface area contributed by atoms with Gasteiger partial charge < -0.3 is 14.6 Å². The maximum atomic E-state index is 13.3. The second-order valence-electron chi connectivity index (χ2n) is 7.88. The molecule has 1 aromatic heterocycles. The molecule has 11 nitrogen and oxygen atoms in total. The molecular weight excluding hydrogens is 502 g/mol. The van der Waals surface area contributed by atoms with E-state index in [2.05, 4.69) is 4.98 Å². The van der Waals surface area contributed by atoms with E-state index in [1.165, 1.54) is 43.5 Å². The number of hydrogen-bond donors (Lipinski definition) is 1. The highest BCUT2D eigenvalue weighted by molar-refractivity contribution is 7.17. The molecule has 4 rings (SSSR count). The highest BCUT2D eigenvalue weighted by Gasteiger charge is 2.48. The molecule has 0 radical (unpaired) electrons. The standard InChI is InChI=1S/C25H21N3O8S/c1-4-36-24(32)22-13(2)26-25(37-22)27-19(14-7-5-9-16(11-14)28(33)34)18(21(30)23(27)31)20(29)15-8-6-10-17(12-15)35-3/h5-12,19,29H,4H2,1-3H3/b20-18+. The molecule has 0 bridgehead atoms. The largest absolute Gasteiger partial charge is 0.507 e. The molecule has 0 spiro atoms. The van der Waals surface area contributed by atoms with Gasteiger partial charge in [0.25, 0.3) is 11.5 Å². The van der Waals surface area contributed by atoms with Gasteiger partial charge in [-0.15, -0.1) is 0 Å². The number of ketones is 1. The summed E-state index contributed by atoms with van der Waals surface area (Å²) in [4.78, 5) is 55.3. The number of carbonyl (C=O) groups excluding carboxylic acids is 3. The van der Waals surface area contributed by atoms with Gasteiger partial charge in [-0.25, -0.2) is 9.78 Å². The summed E-state index contributed by atoms with van der Waals surface area (Å²) in [5, 5.41) is 22.7. The Labute approximate surface area is 214 Å². The minimum atomic E-state index is -1.26. The first-order valence-corrected chi connectivity index (χ1v) is 11.8. The molecule has 1 amide bonds. The van der Waals surface area contributed by atoms with Gasteiger partial charge in [-0.3, -0.25) is 24.6 Å². The topological polar surface area (TPSA) is 149 Å². The Kier molecular flexibility index (Phi) is 7.02. The van der Waals surface area contributed by atoms with Crippen molar-refractivity contribution in [1.29, 1.82) is 0 Å². The summed E-state index contributed by atoms with van der Waals surface area (Å²) < 4.78 is 10.2. The number of Topliss-reactive ketones (excluding diaryl/α,β-unsaturated/α-hetero) is 1. The lowest BCUT2D eigenvalue weighted by Crippen LogP contribution is -2.29. The zero-order valence-electron chi connectivity index (χ0n) is 20.0. The monoisotopic (exact) mass is 523 g/mol. The first-order chi connectivity index (χ1) is 17.7. The Balaban J connectivity index is 1.95. The predicted molar refractivity (Wildman–Crippen MR) is 134 cm³/mol. The number of esters is 1. The van der Waals surface area contributed by atoms with Crippen LogP contribution in [0, 0.1) is 17.0 Å². The summed E-state index contributed by atoms with van der Waals surface area (Å²) in [6.45, 7) is 3.33. The third kappa shape index (κ3) is 4.66. The fourth-order valence-corrected chi connectivity index (χ4v) is 4.94. The fourth-order valence-electron chi connectivity index (χ4n) is 3.95. The van der Waals surface area contributed by atoms with E-state index in [9.17, 15) is 29.6 Å². The number of aliphatic hydroxyl groups excluding tert-OH is 1. The van der Waals surface area contributed by atoms with Crippen LogP contribution in [0.1, 0.15) is 39.5 Å². The summed E-state index contributed by atoms with van der Waals surface area (Å²) in [5.74, 6) is -2.74. The Morgan fingerprint density at radius 1 is 1.22 bits per heavy atom. The zero-order chi connectivity index (χ0) is 26.9. The van der Waals surface area contributed by atoms with Gasteiger partial charge in [-0.05, 0) is 31.5 Å². The summed E-state index contributed by atoms with van der Waals surface area (Å²) in [7, 11) is 1.44. The molecule has 2 aromatic carbocycles. The number of nitro benzene ring substituents is 1. The fraction of sp³-hybridized carbons (Fsp3) is 0.200. The van der Waals surface area contributed by atoms with Gasteiger partial charge >= 0.3 is 11.9 Å². The lowest BCUT2D eigenvalue weighted by molar-refractivity contribution is -0.384. The van der Waals surface area contributed by atoms with Crippen LogP contribution in [0.15, 0.2) is 54.1 Å². The maximum absolute atomic E-state index is 13.3. The molecule has 1 atom stereocenters. The second kappa shape index (κ2) is 10.2. The van der Waals surface area contributed by atoms with Crippen molar-refractivity contribution in [2.75, 3.05) is 18.6 Å². The number of thiazole rings is 1. The Bertz CT molecular complexity index is 1460. The number of anilines is 1. The lowest BCUT2D eigenvalue weighted by Gasteiger charge is -2.22. The smallest absolute Gasteiger partial charge is 0.350 e. The van der Waals surface area contributed by atoms with Crippen LogP contribution >= 0.6 is 11.3 Å². The minimum absolute atomic E-state index is 0.00357. The molecule has 1 aliphatic rings. The number of ether oxygens (including phenoxy) is 2. The number of methoxy groups -OCH3 is 1. The molecule has 1 N–H and O–H groups in total. The molecule has 0 saturated carbocycles. The Morgan fingerprint density at radius 3 is 2.62 bits per heavy atom. The number of benzene rings is 2. The number of non-ortho nitro benzene ring substituents is 1. The van der Waals surface area contributed by atoms with Gasteiger partial charge in [0.15, 0.2) is 5.13 Å². The van der Waals surface area contributed by atoms with Crippen molar-refractivity contribution in [3.63, 3.8) is 0 Å². The van der Waals surface area contributed by atoms with Crippen LogP contribution in [0.4, 0.5) is 10.8 Å². The first kappa shape index (κ1) is 25.5. The van der Waals surface area contributed by atoms with E-state index in [0.29, 0.717) is 5.75 Å². The number of nitrogens with zero attached hydrogens (tertiary/aromatic N) is 3. The van der Waals surface area contributed by atoms with E-state index >= 15 is 0 Å². The van der Waals surface area contributed by atoms with E-state index < -0.39 is 34.4 Å². The molecule has 1 saturated heterocycles. The van der Waals surface area contributed by atoms with Gasteiger partial charge in [0.1, 0.15) is 16.4 Å². The summed E-state index contributed by atoms with van der Waals surface area (Å²) in [6, 6.07) is 10.4. The molecule has 1 aliphatic heterocycles. The number of aliphatic hydroxyl groups is 1. The quantitative estimate of drug-likeness (QED) is 0.120. The van der Waals surface area contributed by atoms with Crippen molar-refractivity contribution >= 4 is 45.6 Å². The Morgan fingerprint density at radius 2 is 1.95 bits per heavy atom. The Hall–Kier alpha value is -4.58. The van der Waals surface area contributed by atoms with E-state index in [1.807, 2.05) is 0 Å². The molecule has 0 aliphatic carbocycles. The molecule has 12 heteroatoms. The third-order valence-electron chi connectivity index (χ3n) is 5.64. The molecule has 190 valence electrons. The van der Waals surface area contributed by atoms with Crippen LogP contribution in [0.5, 0.6) is 5.75 Å². The van der Waals surface area contributed by atoms with Crippen LogP contribution in [0.25, 0.3) is 5.76 Å². The molecular formula is C25H21N3O8S. The maximum Gasteiger partial charge on any atom is 0.350 e. The van der Waals surface area contributed by atoms with E-state index in [-0.39, 0.29) is 44.7 Å². The highest BCUT2D eigenvalue weighted by Crippen LogP contribution is 2.44. The highest BCUT2D eigenvalue weighted by atomic mass is 32.1. The molecule has 37 heavy (non-hydrogen) atoms. The SMILES string of the molecule is CCOC(=O)c1sc(N2C(=O)C(=O)/C(=C(/O)c3cccc(OC)c3)C2c2cccc([N+](=O)[O-])c2)nc1C. The first-order valence-electron chi connectivity index (χ1n) is 11.0. The van der Waals surface area contributed by atoms with E-state index in [1.54, 1.807) is 26.0 Å². The second-order valence-corrected chi connectivity index (χ2v) is 8.86.